The van der Waals surface area contributed by atoms with Crippen molar-refractivity contribution < 1.29 is 0 Å². The Morgan fingerprint density at radius 3 is 2.94 bits per heavy atom. The van der Waals surface area contributed by atoms with E-state index in [9.17, 15) is 0 Å². The number of rotatable bonds is 3. The minimum Gasteiger partial charge on any atom is -0.388 e. The molecule has 4 heteroatoms. The number of anilines is 1. The lowest BCUT2D eigenvalue weighted by Crippen LogP contribution is -2.21. The number of nitrogens with zero attached hydrogens (tertiary/aromatic N) is 1. The lowest BCUT2D eigenvalue weighted by atomic mass is 9.92. The van der Waals surface area contributed by atoms with Crippen LogP contribution in [0.25, 0.3) is 0 Å². The number of hydrogen-bond acceptors (Lipinski definition) is 3. The number of hydrogen-bond donors (Lipinski definition) is 2. The molecule has 1 aromatic heterocycles. The molecule has 1 aromatic rings. The van der Waals surface area contributed by atoms with Crippen molar-refractivity contribution >= 4 is 22.9 Å². The van der Waals surface area contributed by atoms with Crippen LogP contribution in [0.5, 0.6) is 0 Å². The molecule has 0 spiro atoms. The molecule has 3 N–H and O–H groups in total. The zero-order chi connectivity index (χ0) is 12.5. The van der Waals surface area contributed by atoms with Crippen molar-refractivity contribution in [3.8, 4) is 0 Å². The Labute approximate surface area is 108 Å². The summed E-state index contributed by atoms with van der Waals surface area (Å²) >= 11 is 5.01. The molecule has 1 aliphatic carbocycles. The number of aromatic nitrogens is 1. The Bertz CT molecular complexity index is 428. The van der Waals surface area contributed by atoms with Crippen LogP contribution >= 0.6 is 12.2 Å². The second kappa shape index (κ2) is 4.61. The molecule has 92 valence electrons. The monoisotopic (exact) mass is 249 g/mol. The van der Waals surface area contributed by atoms with Crippen molar-refractivity contribution in [2.24, 2.45) is 11.1 Å². The molecular formula is C13H19N3S. The summed E-state index contributed by atoms with van der Waals surface area (Å²) in [4.78, 5) is 4.58. The fraction of sp³-hybridized carbons (Fsp3) is 0.538. The lowest BCUT2D eigenvalue weighted by Gasteiger charge is -2.19. The van der Waals surface area contributed by atoms with Gasteiger partial charge in [0.25, 0.3) is 0 Å². The van der Waals surface area contributed by atoms with E-state index in [4.69, 9.17) is 18.0 Å². The van der Waals surface area contributed by atoms with Crippen molar-refractivity contribution in [1.29, 1.82) is 0 Å². The highest BCUT2D eigenvalue weighted by atomic mass is 32.1. The zero-order valence-corrected chi connectivity index (χ0v) is 11.2. The second-order valence-electron chi connectivity index (χ2n) is 5.51. The van der Waals surface area contributed by atoms with Crippen molar-refractivity contribution in [3.63, 3.8) is 0 Å². The molecule has 0 saturated heterocycles. The Kier molecular flexibility index (Phi) is 3.33. The molecular weight excluding hydrogens is 230 g/mol. The Morgan fingerprint density at radius 1 is 1.59 bits per heavy atom. The van der Waals surface area contributed by atoms with Crippen molar-refractivity contribution in [3.05, 3.63) is 24.0 Å². The van der Waals surface area contributed by atoms with E-state index in [0.717, 1.165) is 5.69 Å². The molecule has 17 heavy (non-hydrogen) atoms. The van der Waals surface area contributed by atoms with Gasteiger partial charge in [0.1, 0.15) is 10.7 Å². The molecule has 0 aromatic carbocycles. The second-order valence-corrected chi connectivity index (χ2v) is 5.95. The summed E-state index contributed by atoms with van der Waals surface area (Å²) in [5, 5.41) is 3.52. The minimum atomic E-state index is 0.352. The maximum absolute atomic E-state index is 5.67. The van der Waals surface area contributed by atoms with Crippen LogP contribution in [-0.2, 0) is 0 Å². The van der Waals surface area contributed by atoms with Crippen molar-refractivity contribution in [2.45, 2.75) is 39.2 Å². The van der Waals surface area contributed by atoms with E-state index in [-0.39, 0.29) is 0 Å². The predicted molar refractivity (Wildman–Crippen MR) is 75.2 cm³/mol. The summed E-state index contributed by atoms with van der Waals surface area (Å²) < 4.78 is 0. The normalized spacial score (nSPS) is 22.4. The SMILES string of the molecule is CC1(C)CCC(Nc2cccnc2C(N)=S)C1. The highest BCUT2D eigenvalue weighted by Crippen LogP contribution is 2.38. The summed E-state index contributed by atoms with van der Waals surface area (Å²) in [7, 11) is 0. The third kappa shape index (κ3) is 2.94. The smallest absolute Gasteiger partial charge is 0.124 e. The van der Waals surface area contributed by atoms with Gasteiger partial charge in [0, 0.05) is 12.2 Å². The van der Waals surface area contributed by atoms with Gasteiger partial charge in [0.05, 0.1) is 5.69 Å². The molecule has 1 atom stereocenters. The molecule has 1 heterocycles. The van der Waals surface area contributed by atoms with Gasteiger partial charge in [-0.3, -0.25) is 4.98 Å². The van der Waals surface area contributed by atoms with E-state index in [1.807, 2.05) is 12.1 Å². The van der Waals surface area contributed by atoms with Gasteiger partial charge < -0.3 is 11.1 Å². The quantitative estimate of drug-likeness (QED) is 0.809. The summed E-state index contributed by atoms with van der Waals surface area (Å²) in [6.45, 7) is 4.62. The van der Waals surface area contributed by atoms with Gasteiger partial charge in [-0.2, -0.15) is 0 Å². The van der Waals surface area contributed by atoms with E-state index in [1.165, 1.54) is 19.3 Å². The van der Waals surface area contributed by atoms with Gasteiger partial charge >= 0.3 is 0 Å². The number of pyridine rings is 1. The Hall–Kier alpha value is -1.16. The van der Waals surface area contributed by atoms with E-state index in [2.05, 4.69) is 24.1 Å². The Morgan fingerprint density at radius 2 is 2.35 bits per heavy atom. The van der Waals surface area contributed by atoms with Gasteiger partial charge in [-0.25, -0.2) is 0 Å². The lowest BCUT2D eigenvalue weighted by molar-refractivity contribution is 0.378. The standard InChI is InChI=1S/C13H19N3S/c1-13(2)6-5-9(8-13)16-10-4-3-7-15-11(10)12(14)17/h3-4,7,9,16H,5-6,8H2,1-2H3,(H2,14,17). The van der Waals surface area contributed by atoms with Crippen LogP contribution in [0.4, 0.5) is 5.69 Å². The van der Waals surface area contributed by atoms with Crippen LogP contribution < -0.4 is 11.1 Å². The van der Waals surface area contributed by atoms with Gasteiger partial charge in [-0.1, -0.05) is 26.1 Å². The fourth-order valence-corrected chi connectivity index (χ4v) is 2.66. The molecule has 0 radical (unpaired) electrons. The van der Waals surface area contributed by atoms with E-state index < -0.39 is 0 Å². The molecule has 3 nitrogen and oxygen atoms in total. The molecule has 1 fully saturated rings. The average molecular weight is 249 g/mol. The first kappa shape index (κ1) is 12.3. The van der Waals surface area contributed by atoms with Crippen LogP contribution in [0.2, 0.25) is 0 Å². The Balaban J connectivity index is 2.12. The maximum Gasteiger partial charge on any atom is 0.124 e. The van der Waals surface area contributed by atoms with Crippen LogP contribution in [0.15, 0.2) is 18.3 Å². The average Bonchev–Trinajstić information content (AvgIpc) is 2.58. The van der Waals surface area contributed by atoms with Crippen LogP contribution in [0.1, 0.15) is 38.8 Å². The topological polar surface area (TPSA) is 50.9 Å². The fourth-order valence-electron chi connectivity index (χ4n) is 2.50. The highest BCUT2D eigenvalue weighted by molar-refractivity contribution is 7.80. The van der Waals surface area contributed by atoms with Gasteiger partial charge in [0.2, 0.25) is 0 Å². The third-order valence-electron chi connectivity index (χ3n) is 3.37. The maximum atomic E-state index is 5.67. The van der Waals surface area contributed by atoms with Crippen LogP contribution in [-0.4, -0.2) is 16.0 Å². The largest absolute Gasteiger partial charge is 0.388 e. The molecule has 0 amide bonds. The van der Waals surface area contributed by atoms with Crippen LogP contribution in [0, 0.1) is 5.41 Å². The van der Waals surface area contributed by atoms with Crippen LogP contribution in [0.3, 0.4) is 0 Å². The van der Waals surface area contributed by atoms with E-state index in [1.54, 1.807) is 6.20 Å². The van der Waals surface area contributed by atoms with Gasteiger partial charge in [0.15, 0.2) is 0 Å². The summed E-state index contributed by atoms with van der Waals surface area (Å²) in [5.41, 5.74) is 7.77. The highest BCUT2D eigenvalue weighted by Gasteiger charge is 2.31. The summed E-state index contributed by atoms with van der Waals surface area (Å²) in [6, 6.07) is 4.40. The first-order valence-corrected chi connectivity index (χ1v) is 6.40. The van der Waals surface area contributed by atoms with Gasteiger partial charge in [-0.15, -0.1) is 0 Å². The predicted octanol–water partition coefficient (Wildman–Crippen LogP) is 2.71. The van der Waals surface area contributed by atoms with Crippen molar-refractivity contribution in [2.75, 3.05) is 5.32 Å². The molecule has 1 aliphatic rings. The number of nitrogens with one attached hydrogen (secondary N) is 1. The molecule has 0 aliphatic heterocycles. The molecule has 0 bridgehead atoms. The third-order valence-corrected chi connectivity index (χ3v) is 3.56. The molecule has 2 rings (SSSR count). The summed E-state index contributed by atoms with van der Waals surface area (Å²) in [6.07, 6.45) is 5.35. The summed E-state index contributed by atoms with van der Waals surface area (Å²) in [5.74, 6) is 0. The first-order valence-electron chi connectivity index (χ1n) is 5.99. The first-order chi connectivity index (χ1) is 7.98. The number of thiocarbonyl (C=S) groups is 1. The van der Waals surface area contributed by atoms with Crippen molar-refractivity contribution in [1.82, 2.24) is 4.98 Å². The van der Waals surface area contributed by atoms with E-state index in [0.29, 0.717) is 22.1 Å². The zero-order valence-electron chi connectivity index (χ0n) is 10.4. The van der Waals surface area contributed by atoms with Gasteiger partial charge in [-0.05, 0) is 36.8 Å². The van der Waals surface area contributed by atoms with E-state index >= 15 is 0 Å². The molecule has 1 unspecified atom stereocenters. The molecule has 1 saturated carbocycles. The number of nitrogens with two attached hydrogens (primary N) is 1. The minimum absolute atomic E-state index is 0.352.